The minimum Gasteiger partial charge on any atom is -0.462 e. The number of esters is 2. The van der Waals surface area contributed by atoms with Gasteiger partial charge in [-0.15, -0.1) is 0 Å². The molecule has 0 aromatic heterocycles. The number of hydrogen-bond acceptors (Lipinski definition) is 5. The number of carbonyl (C=O) groups is 2. The van der Waals surface area contributed by atoms with Gasteiger partial charge in [-0.3, -0.25) is 9.59 Å². The van der Waals surface area contributed by atoms with Crippen LogP contribution in [0.4, 0.5) is 0 Å². The molecule has 1 N–H and O–H groups in total. The first kappa shape index (κ1) is 62.6. The van der Waals surface area contributed by atoms with E-state index in [1.54, 1.807) is 0 Å². The summed E-state index contributed by atoms with van der Waals surface area (Å²) >= 11 is 0. The van der Waals surface area contributed by atoms with Crippen LogP contribution in [0.25, 0.3) is 0 Å². The first-order chi connectivity index (χ1) is 32.6. The molecular weight excluding hydrogens is 813 g/mol. The van der Waals surface area contributed by atoms with Gasteiger partial charge < -0.3 is 14.6 Å². The maximum atomic E-state index is 12.3. The minimum atomic E-state index is -0.793. The molecule has 1 unspecified atom stereocenters. The van der Waals surface area contributed by atoms with Gasteiger partial charge in [-0.05, 0) is 96.3 Å². The molecule has 66 heavy (non-hydrogen) atoms. The fourth-order valence-corrected chi connectivity index (χ4v) is 7.51. The van der Waals surface area contributed by atoms with Crippen molar-refractivity contribution in [2.75, 3.05) is 13.2 Å². The Morgan fingerprint density at radius 2 is 0.606 bits per heavy atom. The average molecular weight is 915 g/mol. The molecule has 0 bridgehead atoms. The number of hydrogen-bond donors (Lipinski definition) is 1. The molecule has 0 rings (SSSR count). The zero-order chi connectivity index (χ0) is 47.7. The van der Waals surface area contributed by atoms with E-state index in [0.717, 1.165) is 96.3 Å². The minimum absolute atomic E-state index is 0.0901. The molecule has 1 atom stereocenters. The van der Waals surface area contributed by atoms with Crippen LogP contribution < -0.4 is 0 Å². The van der Waals surface area contributed by atoms with Crippen LogP contribution in [-0.4, -0.2) is 36.4 Å². The standard InChI is InChI=1S/C61H102O5/c1-3-5-7-9-11-13-15-17-19-20-21-22-23-24-25-26-27-28-29-30-31-32-33-34-35-36-37-38-39-40-42-44-46-48-50-52-54-56-61(64)66-59(57-62)58-65-60(63)55-53-51-49-47-45-43-41-18-16-14-12-10-8-6-4-2/h5-8,11-14,17-19,21-22,24-25,41,45,47,59,62H,3-4,9-10,15-16,20,23,26-40,42-44,46,48-58H2,1-2H3/b7-5-,8-6-,13-11-,14-12-,19-17-,22-21-,25-24-,41-18-,47-45-. The van der Waals surface area contributed by atoms with Crippen LogP contribution in [0, 0.1) is 0 Å². The normalized spacial score (nSPS) is 13.1. The van der Waals surface area contributed by atoms with E-state index in [0.29, 0.717) is 12.8 Å². The number of aliphatic hydroxyl groups excluding tert-OH is 1. The van der Waals surface area contributed by atoms with E-state index < -0.39 is 6.10 Å². The molecular formula is C61H102O5. The molecule has 0 saturated carbocycles. The van der Waals surface area contributed by atoms with E-state index in [2.05, 4.69) is 123 Å². The maximum Gasteiger partial charge on any atom is 0.306 e. The number of allylic oxidation sites excluding steroid dienone is 18. The zero-order valence-electron chi connectivity index (χ0n) is 42.9. The van der Waals surface area contributed by atoms with Gasteiger partial charge in [0.25, 0.3) is 0 Å². The van der Waals surface area contributed by atoms with E-state index >= 15 is 0 Å². The Balaban J connectivity index is 3.47. The van der Waals surface area contributed by atoms with Gasteiger partial charge in [0.05, 0.1) is 6.61 Å². The highest BCUT2D eigenvalue weighted by atomic mass is 16.6. The van der Waals surface area contributed by atoms with Gasteiger partial charge in [0.1, 0.15) is 6.61 Å². The van der Waals surface area contributed by atoms with Crippen molar-refractivity contribution < 1.29 is 24.2 Å². The molecule has 376 valence electrons. The summed E-state index contributed by atoms with van der Waals surface area (Å²) < 4.78 is 10.6. The van der Waals surface area contributed by atoms with Crippen molar-refractivity contribution in [3.05, 3.63) is 109 Å². The fourth-order valence-electron chi connectivity index (χ4n) is 7.51. The SMILES string of the molecule is CC/C=C\C/C=C\C/C=C\C/C=C\C/C=C\CCCCCCCCCCCCCCCCCCCCCCCC(=O)OC(CO)COC(=O)CCCC/C=C\C/C=C\C/C=C\C/C=C\CC. The summed E-state index contributed by atoms with van der Waals surface area (Å²) in [7, 11) is 0. The molecule has 0 aliphatic carbocycles. The second-order valence-corrected chi connectivity index (χ2v) is 17.9. The van der Waals surface area contributed by atoms with Crippen molar-refractivity contribution in [2.45, 2.75) is 251 Å². The molecule has 0 radical (unpaired) electrons. The highest BCUT2D eigenvalue weighted by molar-refractivity contribution is 5.70. The van der Waals surface area contributed by atoms with Gasteiger partial charge in [0.2, 0.25) is 0 Å². The molecule has 5 heteroatoms. The lowest BCUT2D eigenvalue weighted by atomic mass is 10.0. The van der Waals surface area contributed by atoms with Crippen molar-refractivity contribution in [3.63, 3.8) is 0 Å². The first-order valence-corrected chi connectivity index (χ1v) is 27.4. The summed E-state index contributed by atoms with van der Waals surface area (Å²) in [6.45, 7) is 3.88. The van der Waals surface area contributed by atoms with Crippen LogP contribution in [0.2, 0.25) is 0 Å². The van der Waals surface area contributed by atoms with Crippen LogP contribution in [0.5, 0.6) is 0 Å². The van der Waals surface area contributed by atoms with Gasteiger partial charge in [0.15, 0.2) is 6.10 Å². The van der Waals surface area contributed by atoms with E-state index in [9.17, 15) is 14.7 Å². The summed E-state index contributed by atoms with van der Waals surface area (Å²) in [6.07, 6.45) is 80.8. The Hall–Kier alpha value is -3.44. The maximum absolute atomic E-state index is 12.3. The van der Waals surface area contributed by atoms with Gasteiger partial charge in [-0.2, -0.15) is 0 Å². The summed E-state index contributed by atoms with van der Waals surface area (Å²) in [4.78, 5) is 24.4. The third-order valence-corrected chi connectivity index (χ3v) is 11.6. The van der Waals surface area contributed by atoms with Crippen molar-refractivity contribution >= 4 is 11.9 Å². The lowest BCUT2D eigenvalue weighted by Gasteiger charge is -2.15. The second-order valence-electron chi connectivity index (χ2n) is 17.9. The quantitative estimate of drug-likeness (QED) is 0.0374. The van der Waals surface area contributed by atoms with E-state index in [-0.39, 0.29) is 25.2 Å². The molecule has 0 saturated heterocycles. The average Bonchev–Trinajstić information content (AvgIpc) is 3.32. The predicted octanol–water partition coefficient (Wildman–Crippen LogP) is 18.5. The monoisotopic (exact) mass is 915 g/mol. The smallest absolute Gasteiger partial charge is 0.306 e. The van der Waals surface area contributed by atoms with E-state index in [1.165, 1.54) is 122 Å². The van der Waals surface area contributed by atoms with Gasteiger partial charge >= 0.3 is 11.9 Å². The van der Waals surface area contributed by atoms with Gasteiger partial charge in [-0.25, -0.2) is 0 Å². The topological polar surface area (TPSA) is 72.8 Å². The Morgan fingerprint density at radius 3 is 0.939 bits per heavy atom. The second kappa shape index (κ2) is 55.9. The molecule has 0 amide bonds. The molecule has 0 aromatic rings. The summed E-state index contributed by atoms with van der Waals surface area (Å²) in [5.41, 5.74) is 0. The summed E-state index contributed by atoms with van der Waals surface area (Å²) in [5.74, 6) is -0.638. The van der Waals surface area contributed by atoms with Crippen molar-refractivity contribution in [3.8, 4) is 0 Å². The predicted molar refractivity (Wildman–Crippen MR) is 288 cm³/mol. The van der Waals surface area contributed by atoms with E-state index in [4.69, 9.17) is 9.47 Å². The van der Waals surface area contributed by atoms with Crippen LogP contribution in [0.15, 0.2) is 109 Å². The Morgan fingerprint density at radius 1 is 0.348 bits per heavy atom. The number of carbonyl (C=O) groups excluding carboxylic acids is 2. The number of rotatable bonds is 49. The van der Waals surface area contributed by atoms with Crippen LogP contribution in [0.1, 0.15) is 245 Å². The van der Waals surface area contributed by atoms with Crippen molar-refractivity contribution in [2.24, 2.45) is 0 Å². The molecule has 0 aromatic carbocycles. The summed E-state index contributed by atoms with van der Waals surface area (Å²) in [6, 6.07) is 0. The number of ether oxygens (including phenoxy) is 2. The number of unbranched alkanes of at least 4 members (excludes halogenated alkanes) is 23. The van der Waals surface area contributed by atoms with Crippen molar-refractivity contribution in [1.82, 2.24) is 0 Å². The van der Waals surface area contributed by atoms with Crippen LogP contribution >= 0.6 is 0 Å². The highest BCUT2D eigenvalue weighted by Crippen LogP contribution is 2.16. The third kappa shape index (κ3) is 53.2. The van der Waals surface area contributed by atoms with Crippen molar-refractivity contribution in [1.29, 1.82) is 0 Å². The summed E-state index contributed by atoms with van der Waals surface area (Å²) in [5, 5.41) is 9.62. The molecule has 0 aliphatic heterocycles. The lowest BCUT2D eigenvalue weighted by molar-refractivity contribution is -0.161. The first-order valence-electron chi connectivity index (χ1n) is 27.4. The Labute approximate surface area is 408 Å². The zero-order valence-corrected chi connectivity index (χ0v) is 42.9. The molecule has 0 aliphatic rings. The largest absolute Gasteiger partial charge is 0.462 e. The fraction of sp³-hybridized carbons (Fsp3) is 0.672. The molecule has 0 heterocycles. The van der Waals surface area contributed by atoms with Gasteiger partial charge in [-0.1, -0.05) is 245 Å². The van der Waals surface area contributed by atoms with Crippen LogP contribution in [0.3, 0.4) is 0 Å². The molecule has 0 fully saturated rings. The third-order valence-electron chi connectivity index (χ3n) is 11.6. The Kier molecular flexibility index (Phi) is 53.0. The van der Waals surface area contributed by atoms with Crippen LogP contribution in [-0.2, 0) is 19.1 Å². The number of aliphatic hydroxyl groups is 1. The highest BCUT2D eigenvalue weighted by Gasteiger charge is 2.16. The molecule has 5 nitrogen and oxygen atoms in total. The lowest BCUT2D eigenvalue weighted by Crippen LogP contribution is -2.28. The van der Waals surface area contributed by atoms with Gasteiger partial charge in [0, 0.05) is 12.8 Å². The van der Waals surface area contributed by atoms with E-state index in [1.807, 2.05) is 0 Å². The Bertz CT molecular complexity index is 1310. The molecule has 0 spiro atoms.